The lowest BCUT2D eigenvalue weighted by molar-refractivity contribution is 0.167. The van der Waals surface area contributed by atoms with Gasteiger partial charge in [-0.3, -0.25) is 0 Å². The lowest BCUT2D eigenvalue weighted by atomic mass is 9.99. The fraction of sp³-hybridized carbons (Fsp3) is 0.471. The van der Waals surface area contributed by atoms with Crippen molar-refractivity contribution in [2.75, 3.05) is 11.9 Å². The van der Waals surface area contributed by atoms with Gasteiger partial charge in [0.05, 0.1) is 12.1 Å². The Bertz CT molecular complexity index is 690. The Morgan fingerprint density at radius 2 is 1.96 bits per heavy atom. The number of anilines is 1. The van der Waals surface area contributed by atoms with Crippen LogP contribution in [0.15, 0.2) is 28.7 Å². The topological polar surface area (TPSA) is 100 Å². The molecule has 7 nitrogen and oxygen atoms in total. The molecular weight excluding hydrogens is 308 g/mol. The second kappa shape index (κ2) is 7.00. The van der Waals surface area contributed by atoms with Gasteiger partial charge < -0.3 is 20.2 Å². The maximum absolute atomic E-state index is 12.2. The van der Waals surface area contributed by atoms with Gasteiger partial charge in [-0.1, -0.05) is 19.8 Å². The van der Waals surface area contributed by atoms with Gasteiger partial charge in [-0.15, -0.1) is 10.2 Å². The Labute approximate surface area is 140 Å². The van der Waals surface area contributed by atoms with Crippen LogP contribution in [0.4, 0.5) is 10.5 Å². The molecule has 0 atom stereocenters. The maximum Gasteiger partial charge on any atom is 0.319 e. The smallest absolute Gasteiger partial charge is 0.319 e. The third kappa shape index (κ3) is 3.56. The predicted molar refractivity (Wildman–Crippen MR) is 89.6 cm³/mol. The van der Waals surface area contributed by atoms with Crippen LogP contribution in [-0.4, -0.2) is 33.5 Å². The molecule has 1 aromatic carbocycles. The standard InChI is InChI=1S/C17H22N4O3/c1-2-14-20-21-15(24-14)12-5-7-13(8-6-12)18-16(23)19-17(11-22)9-3-4-10-17/h5-8,22H,2-4,9-11H2,1H3,(H2,18,19,23). The Balaban J connectivity index is 1.62. The van der Waals surface area contributed by atoms with Crippen molar-refractivity contribution < 1.29 is 14.3 Å². The summed E-state index contributed by atoms with van der Waals surface area (Å²) in [6, 6.07) is 6.90. The zero-order valence-corrected chi connectivity index (χ0v) is 13.7. The van der Waals surface area contributed by atoms with E-state index in [1.165, 1.54) is 0 Å². The molecule has 24 heavy (non-hydrogen) atoms. The van der Waals surface area contributed by atoms with E-state index in [9.17, 15) is 9.90 Å². The molecule has 128 valence electrons. The van der Waals surface area contributed by atoms with Gasteiger partial charge in [-0.2, -0.15) is 0 Å². The highest BCUT2D eigenvalue weighted by Crippen LogP contribution is 2.29. The van der Waals surface area contributed by atoms with E-state index >= 15 is 0 Å². The van der Waals surface area contributed by atoms with Gasteiger partial charge in [0.25, 0.3) is 0 Å². The van der Waals surface area contributed by atoms with Crippen LogP contribution in [0, 0.1) is 0 Å². The van der Waals surface area contributed by atoms with Crippen LogP contribution < -0.4 is 10.6 Å². The van der Waals surface area contributed by atoms with Crippen molar-refractivity contribution >= 4 is 11.7 Å². The van der Waals surface area contributed by atoms with Crippen molar-refractivity contribution in [1.29, 1.82) is 0 Å². The first-order valence-electron chi connectivity index (χ1n) is 8.27. The fourth-order valence-corrected chi connectivity index (χ4v) is 2.99. The first-order valence-corrected chi connectivity index (χ1v) is 8.27. The van der Waals surface area contributed by atoms with Gasteiger partial charge in [-0.25, -0.2) is 4.79 Å². The van der Waals surface area contributed by atoms with E-state index < -0.39 is 5.54 Å². The minimum atomic E-state index is -0.482. The van der Waals surface area contributed by atoms with Crippen LogP contribution >= 0.6 is 0 Å². The van der Waals surface area contributed by atoms with Crippen molar-refractivity contribution in [2.24, 2.45) is 0 Å². The highest BCUT2D eigenvalue weighted by molar-refractivity contribution is 5.90. The van der Waals surface area contributed by atoms with Gasteiger partial charge in [0.1, 0.15) is 0 Å². The van der Waals surface area contributed by atoms with Crippen LogP contribution in [0.5, 0.6) is 0 Å². The third-order valence-corrected chi connectivity index (χ3v) is 4.40. The summed E-state index contributed by atoms with van der Waals surface area (Å²) in [6.07, 6.45) is 4.37. The number of rotatable bonds is 5. The van der Waals surface area contributed by atoms with Crippen LogP contribution in [0.25, 0.3) is 11.5 Å². The number of benzene rings is 1. The third-order valence-electron chi connectivity index (χ3n) is 4.40. The molecule has 1 aliphatic rings. The molecule has 2 amide bonds. The number of carbonyl (C=O) groups excluding carboxylic acids is 1. The SMILES string of the molecule is CCc1nnc(-c2ccc(NC(=O)NC3(CO)CCCC3)cc2)o1. The summed E-state index contributed by atoms with van der Waals surface area (Å²) < 4.78 is 5.51. The average molecular weight is 330 g/mol. The summed E-state index contributed by atoms with van der Waals surface area (Å²) in [7, 11) is 0. The van der Waals surface area contributed by atoms with Gasteiger partial charge >= 0.3 is 6.03 Å². The average Bonchev–Trinajstić information content (AvgIpc) is 3.25. The number of aromatic nitrogens is 2. The second-order valence-electron chi connectivity index (χ2n) is 6.16. The number of aliphatic hydroxyl groups excluding tert-OH is 1. The van der Waals surface area contributed by atoms with Crippen molar-refractivity contribution in [3.05, 3.63) is 30.2 Å². The molecule has 3 N–H and O–H groups in total. The van der Waals surface area contributed by atoms with Crippen molar-refractivity contribution in [3.63, 3.8) is 0 Å². The minimum absolute atomic E-state index is 0.0315. The predicted octanol–water partition coefficient (Wildman–Crippen LogP) is 2.73. The molecule has 3 rings (SSSR count). The molecule has 0 radical (unpaired) electrons. The molecule has 0 spiro atoms. The maximum atomic E-state index is 12.2. The number of urea groups is 1. The lowest BCUT2D eigenvalue weighted by Crippen LogP contribution is -2.50. The van der Waals surface area contributed by atoms with E-state index in [2.05, 4.69) is 20.8 Å². The molecule has 2 aromatic rings. The molecule has 0 unspecified atom stereocenters. The summed E-state index contributed by atoms with van der Waals surface area (Å²) in [5.41, 5.74) is 0.984. The first kappa shape index (κ1) is 16.4. The zero-order valence-electron chi connectivity index (χ0n) is 13.7. The Morgan fingerprint density at radius 3 is 2.54 bits per heavy atom. The molecule has 1 heterocycles. The van der Waals surface area contributed by atoms with E-state index in [0.29, 0.717) is 23.9 Å². The molecule has 1 aromatic heterocycles. The number of hydrogen-bond donors (Lipinski definition) is 3. The van der Waals surface area contributed by atoms with E-state index in [-0.39, 0.29) is 12.6 Å². The quantitative estimate of drug-likeness (QED) is 0.782. The van der Waals surface area contributed by atoms with Crippen LogP contribution in [0.3, 0.4) is 0 Å². The van der Waals surface area contributed by atoms with Crippen LogP contribution in [0.1, 0.15) is 38.5 Å². The first-order chi connectivity index (χ1) is 11.6. The summed E-state index contributed by atoms with van der Waals surface area (Å²) in [4.78, 5) is 12.2. The van der Waals surface area contributed by atoms with E-state index in [1.54, 1.807) is 12.1 Å². The normalized spacial score (nSPS) is 16.1. The van der Waals surface area contributed by atoms with Crippen molar-refractivity contribution in [2.45, 2.75) is 44.6 Å². The largest absolute Gasteiger partial charge is 0.421 e. The number of hydrogen-bond acceptors (Lipinski definition) is 5. The number of aliphatic hydroxyl groups is 1. The molecule has 0 aliphatic heterocycles. The number of nitrogens with zero attached hydrogens (tertiary/aromatic N) is 2. The van der Waals surface area contributed by atoms with Crippen LogP contribution in [0.2, 0.25) is 0 Å². The van der Waals surface area contributed by atoms with Gasteiger partial charge in [0, 0.05) is 17.7 Å². The molecule has 0 saturated heterocycles. The van der Waals surface area contributed by atoms with E-state index in [1.807, 2.05) is 19.1 Å². The molecule has 1 aliphatic carbocycles. The summed E-state index contributed by atoms with van der Waals surface area (Å²) >= 11 is 0. The number of amides is 2. The molecule has 0 bridgehead atoms. The van der Waals surface area contributed by atoms with E-state index in [4.69, 9.17) is 4.42 Å². The number of aryl methyl sites for hydroxylation is 1. The highest BCUT2D eigenvalue weighted by Gasteiger charge is 2.34. The summed E-state index contributed by atoms with van der Waals surface area (Å²) in [5, 5.41) is 23.2. The summed E-state index contributed by atoms with van der Waals surface area (Å²) in [6.45, 7) is 1.92. The van der Waals surface area contributed by atoms with Crippen molar-refractivity contribution in [3.8, 4) is 11.5 Å². The van der Waals surface area contributed by atoms with Gasteiger partial charge in [-0.05, 0) is 37.1 Å². The molecule has 1 saturated carbocycles. The Morgan fingerprint density at radius 1 is 1.25 bits per heavy atom. The fourth-order valence-electron chi connectivity index (χ4n) is 2.99. The molecular formula is C17H22N4O3. The Kier molecular flexibility index (Phi) is 4.80. The van der Waals surface area contributed by atoms with Crippen LogP contribution in [-0.2, 0) is 6.42 Å². The zero-order chi connectivity index (χ0) is 17.0. The van der Waals surface area contributed by atoms with Crippen molar-refractivity contribution in [1.82, 2.24) is 15.5 Å². The summed E-state index contributed by atoms with van der Waals surface area (Å²) in [5.74, 6) is 1.06. The monoisotopic (exact) mass is 330 g/mol. The molecule has 7 heteroatoms. The Hall–Kier alpha value is -2.41. The second-order valence-corrected chi connectivity index (χ2v) is 6.16. The lowest BCUT2D eigenvalue weighted by Gasteiger charge is -2.27. The van der Waals surface area contributed by atoms with Gasteiger partial charge in [0.2, 0.25) is 11.8 Å². The molecule has 1 fully saturated rings. The number of carbonyl (C=O) groups is 1. The highest BCUT2D eigenvalue weighted by atomic mass is 16.4. The van der Waals surface area contributed by atoms with E-state index in [0.717, 1.165) is 31.2 Å². The van der Waals surface area contributed by atoms with Gasteiger partial charge in [0.15, 0.2) is 0 Å². The minimum Gasteiger partial charge on any atom is -0.421 e. The number of nitrogens with one attached hydrogen (secondary N) is 2.